The normalized spacial score (nSPS) is 13.6. The molecule has 0 saturated heterocycles. The molecule has 9 nitrogen and oxygen atoms in total. The number of allylic oxidation sites excluding steroid dienone is 4. The highest BCUT2D eigenvalue weighted by Crippen LogP contribution is 2.43. The Morgan fingerprint density at radius 3 is 1.38 bits per heavy atom. The van der Waals surface area contributed by atoms with Crippen molar-refractivity contribution in [3.05, 3.63) is 24.3 Å². The van der Waals surface area contributed by atoms with Crippen LogP contribution in [0.1, 0.15) is 232 Å². The number of carbonyl (C=O) groups is 2. The van der Waals surface area contributed by atoms with E-state index in [4.69, 9.17) is 18.5 Å². The zero-order valence-electron chi connectivity index (χ0n) is 40.0. The van der Waals surface area contributed by atoms with Crippen LogP contribution in [0.2, 0.25) is 0 Å². The van der Waals surface area contributed by atoms with Crippen molar-refractivity contribution in [3.63, 3.8) is 0 Å². The van der Waals surface area contributed by atoms with Gasteiger partial charge in [-0.3, -0.25) is 18.6 Å². The fourth-order valence-corrected chi connectivity index (χ4v) is 7.81. The van der Waals surface area contributed by atoms with Crippen LogP contribution in [0, 0.1) is 0 Å². The molecular weight excluding hydrogens is 774 g/mol. The highest BCUT2D eigenvalue weighted by atomic mass is 31.2. The Hall–Kier alpha value is -1.51. The molecule has 0 bridgehead atoms. The lowest BCUT2D eigenvalue weighted by molar-refractivity contribution is -0.870. The molecular formula is C50H97NO8P+. The molecule has 0 fully saturated rings. The molecule has 0 saturated carbocycles. The van der Waals surface area contributed by atoms with Crippen molar-refractivity contribution in [3.8, 4) is 0 Å². The zero-order valence-corrected chi connectivity index (χ0v) is 40.9. The van der Waals surface area contributed by atoms with Crippen LogP contribution < -0.4 is 0 Å². The number of hydrogen-bond donors (Lipinski definition) is 1. The maximum Gasteiger partial charge on any atom is 0.472 e. The first-order valence-electron chi connectivity index (χ1n) is 25.1. The van der Waals surface area contributed by atoms with Crippen molar-refractivity contribution >= 4 is 19.8 Å². The van der Waals surface area contributed by atoms with Crippen molar-refractivity contribution < 1.29 is 42.1 Å². The number of nitrogens with zero attached hydrogens (tertiary/aromatic N) is 1. The molecule has 60 heavy (non-hydrogen) atoms. The third-order valence-electron chi connectivity index (χ3n) is 11.0. The predicted molar refractivity (Wildman–Crippen MR) is 252 cm³/mol. The Balaban J connectivity index is 4.20. The summed E-state index contributed by atoms with van der Waals surface area (Å²) in [5, 5.41) is 0. The SMILES string of the molecule is CCCCCCCC/C=C/C/C=C/CCC(=O)OC(COC(=O)CCCCCCCCCCCCCCCCCCCCCCCCC)COP(=O)(O)OCC[N+](C)(C)C. The largest absolute Gasteiger partial charge is 0.472 e. The molecule has 0 spiro atoms. The first kappa shape index (κ1) is 58.5. The summed E-state index contributed by atoms with van der Waals surface area (Å²) in [6.07, 6.45) is 48.3. The van der Waals surface area contributed by atoms with E-state index in [0.29, 0.717) is 17.4 Å². The lowest BCUT2D eigenvalue weighted by Gasteiger charge is -2.24. The fraction of sp³-hybridized carbons (Fsp3) is 0.880. The maximum atomic E-state index is 12.7. The highest BCUT2D eigenvalue weighted by molar-refractivity contribution is 7.47. The second kappa shape index (κ2) is 42.8. The first-order valence-corrected chi connectivity index (χ1v) is 26.6. The number of carbonyl (C=O) groups excluding carboxylic acids is 2. The summed E-state index contributed by atoms with van der Waals surface area (Å²) in [5.41, 5.74) is 0. The van der Waals surface area contributed by atoms with Gasteiger partial charge in [-0.25, -0.2) is 4.57 Å². The molecule has 2 atom stereocenters. The van der Waals surface area contributed by atoms with Crippen molar-refractivity contribution in [1.29, 1.82) is 0 Å². The minimum atomic E-state index is -4.39. The Kier molecular flexibility index (Phi) is 41.7. The Labute approximate surface area is 370 Å². The number of phosphoric acid groups is 1. The Morgan fingerprint density at radius 1 is 0.517 bits per heavy atom. The molecule has 0 radical (unpaired) electrons. The minimum absolute atomic E-state index is 0.0247. The van der Waals surface area contributed by atoms with Gasteiger partial charge in [0.25, 0.3) is 0 Å². The Bertz CT molecular complexity index is 1070. The average molecular weight is 871 g/mol. The molecule has 10 heteroatoms. The zero-order chi connectivity index (χ0) is 44.3. The van der Waals surface area contributed by atoms with Gasteiger partial charge in [-0.1, -0.05) is 212 Å². The molecule has 0 aromatic rings. The van der Waals surface area contributed by atoms with Crippen LogP contribution >= 0.6 is 7.82 Å². The van der Waals surface area contributed by atoms with Crippen molar-refractivity contribution in [1.82, 2.24) is 0 Å². The number of quaternary nitrogens is 1. The van der Waals surface area contributed by atoms with E-state index >= 15 is 0 Å². The van der Waals surface area contributed by atoms with E-state index < -0.39 is 26.5 Å². The first-order chi connectivity index (χ1) is 29.0. The summed E-state index contributed by atoms with van der Waals surface area (Å²) in [4.78, 5) is 35.4. The van der Waals surface area contributed by atoms with E-state index in [1.807, 2.05) is 33.3 Å². The van der Waals surface area contributed by atoms with Crippen molar-refractivity contribution in [2.75, 3.05) is 47.5 Å². The molecule has 0 heterocycles. The number of esters is 2. The molecule has 0 aliphatic heterocycles. The molecule has 0 amide bonds. The average Bonchev–Trinajstić information content (AvgIpc) is 3.20. The number of unbranched alkanes of at least 4 members (excludes halogenated alkanes) is 28. The quantitative estimate of drug-likeness (QED) is 0.0212. The van der Waals surface area contributed by atoms with Gasteiger partial charge < -0.3 is 18.9 Å². The van der Waals surface area contributed by atoms with Gasteiger partial charge in [0.15, 0.2) is 6.10 Å². The molecule has 1 N–H and O–H groups in total. The van der Waals surface area contributed by atoms with Gasteiger partial charge in [0.05, 0.1) is 27.7 Å². The van der Waals surface area contributed by atoms with Crippen LogP contribution in [0.15, 0.2) is 24.3 Å². The van der Waals surface area contributed by atoms with Crippen molar-refractivity contribution in [2.24, 2.45) is 0 Å². The summed E-state index contributed by atoms with van der Waals surface area (Å²) >= 11 is 0. The van der Waals surface area contributed by atoms with Gasteiger partial charge in [0, 0.05) is 12.8 Å². The smallest absolute Gasteiger partial charge is 0.462 e. The molecule has 0 aliphatic carbocycles. The van der Waals surface area contributed by atoms with E-state index in [0.717, 1.165) is 32.1 Å². The van der Waals surface area contributed by atoms with Crippen LogP contribution in [0.5, 0.6) is 0 Å². The molecule has 2 unspecified atom stereocenters. The molecule has 0 aliphatic rings. The van der Waals surface area contributed by atoms with Crippen molar-refractivity contribution in [2.45, 2.75) is 238 Å². The lowest BCUT2D eigenvalue weighted by atomic mass is 10.0. The third-order valence-corrected chi connectivity index (χ3v) is 12.0. The van der Waals surface area contributed by atoms with Crippen LogP contribution in [0.3, 0.4) is 0 Å². The van der Waals surface area contributed by atoms with E-state index in [9.17, 15) is 19.0 Å². The minimum Gasteiger partial charge on any atom is -0.462 e. The second-order valence-electron chi connectivity index (χ2n) is 18.2. The standard InChI is InChI=1S/C50H96NO8P/c1-6-8-10-12-14-16-18-20-21-22-23-24-25-26-27-28-29-31-32-34-36-38-40-42-49(52)56-46-48(47-58-60(54,55)57-45-44-51(3,4)5)59-50(53)43-41-39-37-35-33-30-19-17-15-13-11-9-7-2/h30,33,37,39,48H,6-29,31-32,34-36,38,40-47H2,1-5H3/p+1/b33-30+,39-37+. The number of rotatable bonds is 46. The van der Waals surface area contributed by atoms with E-state index in [1.165, 1.54) is 167 Å². The van der Waals surface area contributed by atoms with Gasteiger partial charge >= 0.3 is 19.8 Å². The summed E-state index contributed by atoms with van der Waals surface area (Å²) in [7, 11) is 1.45. The van der Waals surface area contributed by atoms with Crippen LogP contribution in [0.25, 0.3) is 0 Å². The van der Waals surface area contributed by atoms with Crippen LogP contribution in [-0.2, 0) is 32.7 Å². The van der Waals surface area contributed by atoms with Crippen LogP contribution in [-0.4, -0.2) is 74.9 Å². The van der Waals surface area contributed by atoms with Gasteiger partial charge in [0.2, 0.25) is 0 Å². The number of hydrogen-bond acceptors (Lipinski definition) is 7. The van der Waals surface area contributed by atoms with Gasteiger partial charge in [-0.2, -0.15) is 0 Å². The lowest BCUT2D eigenvalue weighted by Crippen LogP contribution is -2.37. The monoisotopic (exact) mass is 871 g/mol. The molecule has 354 valence electrons. The second-order valence-corrected chi connectivity index (χ2v) is 19.7. The predicted octanol–water partition coefficient (Wildman–Crippen LogP) is 14.7. The van der Waals surface area contributed by atoms with E-state index in [1.54, 1.807) is 0 Å². The fourth-order valence-electron chi connectivity index (χ4n) is 7.07. The van der Waals surface area contributed by atoms with Crippen LogP contribution in [0.4, 0.5) is 0 Å². The Morgan fingerprint density at radius 2 is 0.933 bits per heavy atom. The third kappa shape index (κ3) is 46.0. The molecule has 0 rings (SSSR count). The molecule has 0 aromatic carbocycles. The van der Waals surface area contributed by atoms with E-state index in [2.05, 4.69) is 26.0 Å². The van der Waals surface area contributed by atoms with Gasteiger partial charge in [0.1, 0.15) is 19.8 Å². The summed E-state index contributed by atoms with van der Waals surface area (Å²) in [6, 6.07) is 0. The number of ether oxygens (including phenoxy) is 2. The molecule has 0 aromatic heterocycles. The summed E-state index contributed by atoms with van der Waals surface area (Å²) in [6.45, 7) is 4.38. The van der Waals surface area contributed by atoms with Gasteiger partial charge in [-0.15, -0.1) is 0 Å². The topological polar surface area (TPSA) is 108 Å². The maximum absolute atomic E-state index is 12.7. The number of likely N-dealkylation sites (N-methyl/N-ethyl adjacent to an activating group) is 1. The summed E-state index contributed by atoms with van der Waals surface area (Å²) < 4.78 is 34.3. The van der Waals surface area contributed by atoms with Gasteiger partial charge in [-0.05, 0) is 32.1 Å². The summed E-state index contributed by atoms with van der Waals surface area (Å²) in [5.74, 6) is -0.866. The number of phosphoric ester groups is 1. The van der Waals surface area contributed by atoms with E-state index in [-0.39, 0.29) is 32.0 Å². The highest BCUT2D eigenvalue weighted by Gasteiger charge is 2.27.